The molecule has 7 heteroatoms. The third-order valence-electron chi connectivity index (χ3n) is 4.18. The van der Waals surface area contributed by atoms with Crippen LogP contribution in [-0.2, 0) is 9.59 Å². The Kier molecular flexibility index (Phi) is 6.87. The highest BCUT2D eigenvalue weighted by Gasteiger charge is 2.28. The standard InChI is InChI=1S/C17H25N3O4/c1-23-14-6-2-3-7-15(14)24-10-8-19-16(21)12-20-9-4-5-13(11-20)17(18)22/h2-3,6-7,13H,4-5,8-12H2,1H3,(H2,18,22)(H,19,21)/p+1/t13-/m0/s1. The molecule has 2 rings (SSSR count). The van der Waals surface area contributed by atoms with Crippen molar-refractivity contribution < 1.29 is 24.0 Å². The number of hydrogen-bond donors (Lipinski definition) is 3. The number of nitrogens with one attached hydrogen (secondary N) is 2. The number of hydrogen-bond acceptors (Lipinski definition) is 4. The Morgan fingerprint density at radius 3 is 2.79 bits per heavy atom. The zero-order valence-corrected chi connectivity index (χ0v) is 14.0. The number of rotatable bonds is 8. The fraction of sp³-hybridized carbons (Fsp3) is 0.529. The molecule has 132 valence electrons. The lowest BCUT2D eigenvalue weighted by Crippen LogP contribution is -3.15. The highest BCUT2D eigenvalue weighted by molar-refractivity contribution is 5.77. The van der Waals surface area contributed by atoms with Gasteiger partial charge in [0.2, 0.25) is 5.91 Å². The molecule has 0 radical (unpaired) electrons. The minimum absolute atomic E-state index is 0.0428. The average molecular weight is 336 g/mol. The van der Waals surface area contributed by atoms with E-state index in [4.69, 9.17) is 15.2 Å². The lowest BCUT2D eigenvalue weighted by molar-refractivity contribution is -0.899. The molecular formula is C17H26N3O4+. The lowest BCUT2D eigenvalue weighted by atomic mass is 9.97. The van der Waals surface area contributed by atoms with Crippen LogP contribution in [-0.4, -0.2) is 51.7 Å². The predicted molar refractivity (Wildman–Crippen MR) is 89.0 cm³/mol. The summed E-state index contributed by atoms with van der Waals surface area (Å²) in [4.78, 5) is 24.4. The lowest BCUT2D eigenvalue weighted by Gasteiger charge is -2.27. The van der Waals surface area contributed by atoms with Crippen LogP contribution in [0.25, 0.3) is 0 Å². The van der Waals surface area contributed by atoms with Crippen molar-refractivity contribution in [1.82, 2.24) is 5.32 Å². The Bertz CT molecular complexity index is 565. The Balaban J connectivity index is 1.67. The van der Waals surface area contributed by atoms with Crippen LogP contribution in [0, 0.1) is 5.92 Å². The molecule has 0 aromatic heterocycles. The van der Waals surface area contributed by atoms with E-state index in [0.717, 1.165) is 24.3 Å². The van der Waals surface area contributed by atoms with Crippen LogP contribution >= 0.6 is 0 Å². The van der Waals surface area contributed by atoms with E-state index in [2.05, 4.69) is 5.32 Å². The van der Waals surface area contributed by atoms with E-state index < -0.39 is 0 Å². The third-order valence-corrected chi connectivity index (χ3v) is 4.18. The molecule has 2 amide bonds. The van der Waals surface area contributed by atoms with E-state index in [1.165, 1.54) is 0 Å². The molecule has 0 spiro atoms. The monoisotopic (exact) mass is 336 g/mol. The van der Waals surface area contributed by atoms with Crippen LogP contribution in [0.5, 0.6) is 11.5 Å². The number of piperidine rings is 1. The average Bonchev–Trinajstić information content (AvgIpc) is 2.59. The number of amides is 2. The highest BCUT2D eigenvalue weighted by Crippen LogP contribution is 2.25. The van der Waals surface area contributed by atoms with Crippen LogP contribution in [0.2, 0.25) is 0 Å². The molecule has 2 atom stereocenters. The molecule has 4 N–H and O–H groups in total. The zero-order valence-electron chi connectivity index (χ0n) is 14.0. The van der Waals surface area contributed by atoms with Crippen molar-refractivity contribution in [2.24, 2.45) is 11.7 Å². The first-order valence-corrected chi connectivity index (χ1v) is 8.25. The maximum atomic E-state index is 12.0. The molecule has 1 fully saturated rings. The number of para-hydroxylation sites is 2. The fourth-order valence-electron chi connectivity index (χ4n) is 2.93. The Hall–Kier alpha value is -2.28. The van der Waals surface area contributed by atoms with Crippen LogP contribution in [0.3, 0.4) is 0 Å². The topological polar surface area (TPSA) is 95.1 Å². The van der Waals surface area contributed by atoms with Gasteiger partial charge in [-0.15, -0.1) is 0 Å². The predicted octanol–water partition coefficient (Wildman–Crippen LogP) is -1.03. The SMILES string of the molecule is COc1ccccc1OCCNC(=O)C[NH+]1CCC[C@H](C(N)=O)C1. The van der Waals surface area contributed by atoms with Gasteiger partial charge in [0.15, 0.2) is 18.0 Å². The first kappa shape index (κ1) is 18.1. The number of likely N-dealkylation sites (tertiary alicyclic amines) is 1. The van der Waals surface area contributed by atoms with Gasteiger partial charge in [-0.1, -0.05) is 12.1 Å². The number of carbonyl (C=O) groups excluding carboxylic acids is 2. The minimum Gasteiger partial charge on any atom is -0.493 e. The van der Waals surface area contributed by atoms with E-state index in [0.29, 0.717) is 37.7 Å². The molecule has 1 saturated heterocycles. The van der Waals surface area contributed by atoms with Crippen molar-refractivity contribution in [2.45, 2.75) is 12.8 Å². The summed E-state index contributed by atoms with van der Waals surface area (Å²) in [6.07, 6.45) is 1.75. The largest absolute Gasteiger partial charge is 0.493 e. The number of ether oxygens (including phenoxy) is 2. The molecule has 24 heavy (non-hydrogen) atoms. The maximum absolute atomic E-state index is 12.0. The van der Waals surface area contributed by atoms with E-state index in [-0.39, 0.29) is 17.7 Å². The Morgan fingerprint density at radius 2 is 2.08 bits per heavy atom. The van der Waals surface area contributed by atoms with Crippen LogP contribution in [0.15, 0.2) is 24.3 Å². The number of primary amides is 1. The van der Waals surface area contributed by atoms with Gasteiger partial charge in [-0.2, -0.15) is 0 Å². The summed E-state index contributed by atoms with van der Waals surface area (Å²) in [7, 11) is 1.59. The normalized spacial score (nSPS) is 20.2. The van der Waals surface area contributed by atoms with Crippen molar-refractivity contribution in [2.75, 3.05) is 39.9 Å². The molecule has 1 unspecified atom stereocenters. The van der Waals surface area contributed by atoms with Gasteiger partial charge in [-0.05, 0) is 25.0 Å². The van der Waals surface area contributed by atoms with Crippen molar-refractivity contribution in [1.29, 1.82) is 0 Å². The Morgan fingerprint density at radius 1 is 1.33 bits per heavy atom. The minimum atomic E-state index is -0.266. The van der Waals surface area contributed by atoms with Crippen LogP contribution in [0.1, 0.15) is 12.8 Å². The molecule has 7 nitrogen and oxygen atoms in total. The van der Waals surface area contributed by atoms with Gasteiger partial charge in [0.05, 0.1) is 32.7 Å². The molecule has 1 aliphatic rings. The van der Waals surface area contributed by atoms with E-state index in [1.54, 1.807) is 7.11 Å². The van der Waals surface area contributed by atoms with Crippen molar-refractivity contribution in [3.8, 4) is 11.5 Å². The molecule has 1 aromatic rings. The Labute approximate surface area is 142 Å². The summed E-state index contributed by atoms with van der Waals surface area (Å²) in [5.74, 6) is 0.895. The fourth-order valence-corrected chi connectivity index (χ4v) is 2.93. The summed E-state index contributed by atoms with van der Waals surface area (Å²) < 4.78 is 10.8. The second-order valence-corrected chi connectivity index (χ2v) is 5.97. The summed E-state index contributed by atoms with van der Waals surface area (Å²) in [5, 5.41) is 2.84. The van der Waals surface area contributed by atoms with Gasteiger partial charge >= 0.3 is 0 Å². The zero-order chi connectivity index (χ0) is 17.4. The number of methoxy groups -OCH3 is 1. The first-order chi connectivity index (χ1) is 11.6. The van der Waals surface area contributed by atoms with Crippen molar-refractivity contribution in [3.63, 3.8) is 0 Å². The molecular weight excluding hydrogens is 310 g/mol. The van der Waals surface area contributed by atoms with Gasteiger partial charge in [0, 0.05) is 0 Å². The highest BCUT2D eigenvalue weighted by atomic mass is 16.5. The summed E-state index contributed by atoms with van der Waals surface area (Å²) in [6, 6.07) is 7.38. The van der Waals surface area contributed by atoms with Crippen molar-refractivity contribution >= 4 is 11.8 Å². The molecule has 0 bridgehead atoms. The summed E-state index contributed by atoms with van der Waals surface area (Å²) in [6.45, 7) is 2.68. The number of carbonyl (C=O) groups is 2. The smallest absolute Gasteiger partial charge is 0.275 e. The second kappa shape index (κ2) is 9.12. The van der Waals surface area contributed by atoms with Crippen LogP contribution in [0.4, 0.5) is 0 Å². The third kappa shape index (κ3) is 5.42. The van der Waals surface area contributed by atoms with Gasteiger partial charge in [-0.25, -0.2) is 0 Å². The van der Waals surface area contributed by atoms with E-state index in [1.807, 2.05) is 24.3 Å². The second-order valence-electron chi connectivity index (χ2n) is 5.97. The molecule has 0 saturated carbocycles. The van der Waals surface area contributed by atoms with E-state index in [9.17, 15) is 9.59 Å². The van der Waals surface area contributed by atoms with Gasteiger partial charge < -0.3 is 25.4 Å². The number of quaternary nitrogens is 1. The van der Waals surface area contributed by atoms with Gasteiger partial charge in [0.1, 0.15) is 6.61 Å². The first-order valence-electron chi connectivity index (χ1n) is 8.25. The molecule has 1 aromatic carbocycles. The van der Waals surface area contributed by atoms with E-state index >= 15 is 0 Å². The van der Waals surface area contributed by atoms with Gasteiger partial charge in [0.25, 0.3) is 5.91 Å². The summed E-state index contributed by atoms with van der Waals surface area (Å²) in [5.41, 5.74) is 5.36. The number of nitrogens with two attached hydrogens (primary N) is 1. The maximum Gasteiger partial charge on any atom is 0.275 e. The molecule has 1 heterocycles. The van der Waals surface area contributed by atoms with Gasteiger partial charge in [-0.3, -0.25) is 9.59 Å². The van der Waals surface area contributed by atoms with Crippen molar-refractivity contribution in [3.05, 3.63) is 24.3 Å². The molecule has 0 aliphatic carbocycles. The number of benzene rings is 1. The van der Waals surface area contributed by atoms with Crippen LogP contribution < -0.4 is 25.4 Å². The summed E-state index contributed by atoms with van der Waals surface area (Å²) >= 11 is 0. The quantitative estimate of drug-likeness (QED) is 0.529. The molecule has 1 aliphatic heterocycles.